The third-order valence-electron chi connectivity index (χ3n) is 5.03. The Labute approximate surface area is 212 Å². The SMILES string of the molecule is Cc1cccc(Cc2cnc(NC(=O)CCN3C(=O)C(=CC=Cc4ccccc4)SC3=S)s2)c1. The van der Waals surface area contributed by atoms with Gasteiger partial charge in [0.25, 0.3) is 5.91 Å². The van der Waals surface area contributed by atoms with Gasteiger partial charge in [-0.05, 0) is 24.1 Å². The van der Waals surface area contributed by atoms with Crippen molar-refractivity contribution < 1.29 is 9.59 Å². The molecule has 0 unspecified atom stereocenters. The van der Waals surface area contributed by atoms with Gasteiger partial charge in [0.2, 0.25) is 5.91 Å². The molecule has 172 valence electrons. The first-order chi connectivity index (χ1) is 16.5. The number of allylic oxidation sites excluding steroid dienone is 2. The molecular weight excluding hydrogens is 483 g/mol. The Balaban J connectivity index is 1.28. The normalized spacial score (nSPS) is 15.0. The standard InChI is InChI=1S/C26H23N3O2S3/c1-18-7-5-11-20(15-18)16-21-17-27-25(33-21)28-23(30)13-14-29-24(31)22(34-26(29)32)12-6-10-19-8-3-2-4-9-19/h2-12,15,17H,13-14,16H2,1H3,(H,27,28,30). The van der Waals surface area contributed by atoms with Crippen LogP contribution in [0.25, 0.3) is 6.08 Å². The molecule has 0 bridgehead atoms. The molecule has 34 heavy (non-hydrogen) atoms. The van der Waals surface area contributed by atoms with Crippen molar-refractivity contribution in [2.75, 3.05) is 11.9 Å². The van der Waals surface area contributed by atoms with Crippen molar-refractivity contribution in [3.63, 3.8) is 0 Å². The summed E-state index contributed by atoms with van der Waals surface area (Å²) in [6, 6.07) is 18.2. The number of carbonyl (C=O) groups excluding carboxylic acids is 2. The van der Waals surface area contributed by atoms with Gasteiger partial charge in [-0.25, -0.2) is 4.98 Å². The summed E-state index contributed by atoms with van der Waals surface area (Å²) in [5.41, 5.74) is 3.48. The van der Waals surface area contributed by atoms with E-state index >= 15 is 0 Å². The van der Waals surface area contributed by atoms with E-state index in [0.29, 0.717) is 14.4 Å². The van der Waals surface area contributed by atoms with Crippen LogP contribution in [0.1, 0.15) is 28.0 Å². The summed E-state index contributed by atoms with van der Waals surface area (Å²) >= 11 is 8.07. The lowest BCUT2D eigenvalue weighted by Crippen LogP contribution is -2.31. The quantitative estimate of drug-likeness (QED) is 0.308. The predicted molar refractivity (Wildman–Crippen MR) is 145 cm³/mol. The van der Waals surface area contributed by atoms with Crippen LogP contribution in [0.5, 0.6) is 0 Å². The Bertz CT molecular complexity index is 1270. The first kappa shape index (κ1) is 24.1. The number of amides is 2. The lowest BCUT2D eigenvalue weighted by molar-refractivity contribution is -0.122. The van der Waals surface area contributed by atoms with Gasteiger partial charge in [-0.3, -0.25) is 14.5 Å². The molecule has 8 heteroatoms. The number of carbonyl (C=O) groups is 2. The van der Waals surface area contributed by atoms with Gasteiger partial charge < -0.3 is 5.32 Å². The van der Waals surface area contributed by atoms with Crippen LogP contribution >= 0.6 is 35.3 Å². The van der Waals surface area contributed by atoms with Gasteiger partial charge in [0.1, 0.15) is 4.32 Å². The number of aryl methyl sites for hydroxylation is 1. The summed E-state index contributed by atoms with van der Waals surface area (Å²) < 4.78 is 0.465. The molecule has 1 aliphatic heterocycles. The maximum Gasteiger partial charge on any atom is 0.266 e. The molecule has 0 saturated carbocycles. The van der Waals surface area contributed by atoms with Gasteiger partial charge in [0, 0.05) is 30.5 Å². The van der Waals surface area contributed by atoms with Crippen molar-refractivity contribution in [3.8, 4) is 0 Å². The first-order valence-electron chi connectivity index (χ1n) is 10.7. The van der Waals surface area contributed by atoms with Crippen LogP contribution in [-0.4, -0.2) is 32.6 Å². The van der Waals surface area contributed by atoms with Crippen molar-refractivity contribution in [1.29, 1.82) is 0 Å². The molecule has 1 fully saturated rings. The number of thioether (sulfide) groups is 1. The highest BCUT2D eigenvalue weighted by Gasteiger charge is 2.31. The van der Waals surface area contributed by atoms with Crippen LogP contribution in [0.4, 0.5) is 5.13 Å². The van der Waals surface area contributed by atoms with E-state index in [4.69, 9.17) is 12.2 Å². The fourth-order valence-electron chi connectivity index (χ4n) is 3.38. The van der Waals surface area contributed by atoms with E-state index in [-0.39, 0.29) is 24.8 Å². The van der Waals surface area contributed by atoms with Gasteiger partial charge in [0.15, 0.2) is 5.13 Å². The Kier molecular flexibility index (Phi) is 8.05. The van der Waals surface area contributed by atoms with E-state index in [0.717, 1.165) is 16.9 Å². The molecule has 2 aromatic carbocycles. The van der Waals surface area contributed by atoms with Crippen molar-refractivity contribution in [2.24, 2.45) is 0 Å². The van der Waals surface area contributed by atoms with E-state index in [9.17, 15) is 9.59 Å². The number of thiazole rings is 1. The number of hydrogen-bond acceptors (Lipinski definition) is 6. The minimum Gasteiger partial charge on any atom is -0.302 e. The Morgan fingerprint density at radius 2 is 2.00 bits per heavy atom. The molecule has 2 heterocycles. The zero-order valence-corrected chi connectivity index (χ0v) is 21.0. The summed E-state index contributed by atoms with van der Waals surface area (Å²) in [6.07, 6.45) is 8.24. The smallest absolute Gasteiger partial charge is 0.266 e. The molecule has 1 saturated heterocycles. The van der Waals surface area contributed by atoms with Gasteiger partial charge >= 0.3 is 0 Å². The number of thiocarbonyl (C=S) groups is 1. The van der Waals surface area contributed by atoms with E-state index in [1.807, 2.05) is 48.6 Å². The number of nitrogens with zero attached hydrogens (tertiary/aromatic N) is 2. The number of aromatic nitrogens is 1. The predicted octanol–water partition coefficient (Wildman–Crippen LogP) is 5.83. The highest BCUT2D eigenvalue weighted by atomic mass is 32.2. The average Bonchev–Trinajstić information content (AvgIpc) is 3.36. The van der Waals surface area contributed by atoms with Gasteiger partial charge in [0.05, 0.1) is 4.91 Å². The lowest BCUT2D eigenvalue weighted by atomic mass is 10.1. The summed E-state index contributed by atoms with van der Waals surface area (Å²) in [5, 5.41) is 3.39. The van der Waals surface area contributed by atoms with E-state index < -0.39 is 0 Å². The number of hydrogen-bond donors (Lipinski definition) is 1. The van der Waals surface area contributed by atoms with Crippen LogP contribution in [0.15, 0.2) is 77.9 Å². The van der Waals surface area contributed by atoms with Crippen molar-refractivity contribution in [1.82, 2.24) is 9.88 Å². The van der Waals surface area contributed by atoms with Crippen LogP contribution in [0.2, 0.25) is 0 Å². The Morgan fingerprint density at radius 3 is 2.79 bits per heavy atom. The van der Waals surface area contributed by atoms with Gasteiger partial charge in [-0.2, -0.15) is 0 Å². The molecule has 0 radical (unpaired) electrons. The maximum absolute atomic E-state index is 12.7. The summed E-state index contributed by atoms with van der Waals surface area (Å²) in [4.78, 5) is 32.6. The van der Waals surface area contributed by atoms with Crippen molar-refractivity contribution >= 4 is 62.7 Å². The summed E-state index contributed by atoms with van der Waals surface area (Å²) in [5.74, 6) is -0.367. The minimum atomic E-state index is -0.196. The summed E-state index contributed by atoms with van der Waals surface area (Å²) in [7, 11) is 0. The number of benzene rings is 2. The second kappa shape index (κ2) is 11.4. The molecule has 4 rings (SSSR count). The van der Waals surface area contributed by atoms with Crippen molar-refractivity contribution in [3.05, 3.63) is 99.4 Å². The highest BCUT2D eigenvalue weighted by molar-refractivity contribution is 8.26. The zero-order chi connectivity index (χ0) is 23.9. The Hall–Kier alpha value is -3.07. The van der Waals surface area contributed by atoms with Crippen LogP contribution < -0.4 is 5.32 Å². The highest BCUT2D eigenvalue weighted by Crippen LogP contribution is 2.31. The third kappa shape index (κ3) is 6.50. The second-order valence-electron chi connectivity index (χ2n) is 7.72. The molecule has 1 N–H and O–H groups in total. The fraction of sp³-hybridized carbons (Fsp3) is 0.154. The van der Waals surface area contributed by atoms with E-state index in [2.05, 4.69) is 35.4 Å². The molecule has 0 spiro atoms. The van der Waals surface area contributed by atoms with E-state index in [1.165, 1.54) is 39.1 Å². The second-order valence-corrected chi connectivity index (χ2v) is 10.5. The molecule has 3 aromatic rings. The number of nitrogens with one attached hydrogen (secondary N) is 1. The first-order valence-corrected chi connectivity index (χ1v) is 12.8. The van der Waals surface area contributed by atoms with Crippen LogP contribution in [0, 0.1) is 6.92 Å². The molecule has 0 aliphatic carbocycles. The minimum absolute atomic E-state index is 0.145. The van der Waals surface area contributed by atoms with Crippen LogP contribution in [-0.2, 0) is 16.0 Å². The van der Waals surface area contributed by atoms with E-state index in [1.54, 1.807) is 12.3 Å². The fourth-order valence-corrected chi connectivity index (χ4v) is 5.51. The maximum atomic E-state index is 12.7. The van der Waals surface area contributed by atoms with Gasteiger partial charge in [-0.1, -0.05) is 96.3 Å². The summed E-state index contributed by atoms with van der Waals surface area (Å²) in [6.45, 7) is 2.30. The van der Waals surface area contributed by atoms with Crippen molar-refractivity contribution in [2.45, 2.75) is 19.8 Å². The zero-order valence-electron chi connectivity index (χ0n) is 18.6. The van der Waals surface area contributed by atoms with Gasteiger partial charge in [-0.15, -0.1) is 11.3 Å². The molecule has 0 atom stereocenters. The largest absolute Gasteiger partial charge is 0.302 e. The molecule has 1 aromatic heterocycles. The molecule has 2 amide bonds. The average molecular weight is 506 g/mol. The number of anilines is 1. The lowest BCUT2D eigenvalue weighted by Gasteiger charge is -2.13. The molecule has 1 aliphatic rings. The number of rotatable bonds is 8. The third-order valence-corrected chi connectivity index (χ3v) is 7.34. The monoisotopic (exact) mass is 505 g/mol. The topological polar surface area (TPSA) is 62.3 Å². The molecule has 5 nitrogen and oxygen atoms in total. The molecular formula is C26H23N3O2S3. The Morgan fingerprint density at radius 1 is 1.18 bits per heavy atom. The van der Waals surface area contributed by atoms with Crippen LogP contribution in [0.3, 0.4) is 0 Å².